The molecule has 10 heteroatoms. The molecule has 1 saturated heterocycles. The Labute approximate surface area is 204 Å². The van der Waals surface area contributed by atoms with Crippen molar-refractivity contribution >= 4 is 39.1 Å². The van der Waals surface area contributed by atoms with E-state index < -0.39 is 15.9 Å². The second-order valence-corrected chi connectivity index (χ2v) is 10.2. The summed E-state index contributed by atoms with van der Waals surface area (Å²) in [7, 11) is -2.51. The summed E-state index contributed by atoms with van der Waals surface area (Å²) < 4.78 is 33.6. The smallest absolute Gasteiger partial charge is 0.262 e. The van der Waals surface area contributed by atoms with E-state index in [1.165, 1.54) is 24.1 Å². The third-order valence-electron chi connectivity index (χ3n) is 6.31. The molecule has 3 amide bonds. The lowest BCUT2D eigenvalue weighted by Crippen LogP contribution is -2.34. The molecule has 4 rings (SSSR count). The molecule has 1 heterocycles. The number of sulfonamides is 1. The van der Waals surface area contributed by atoms with E-state index in [9.17, 15) is 22.8 Å². The number of hydrogen-bond acceptors (Lipinski definition) is 6. The molecule has 0 radical (unpaired) electrons. The maximum Gasteiger partial charge on any atom is 0.262 e. The van der Waals surface area contributed by atoms with Crippen molar-refractivity contribution in [2.24, 2.45) is 11.8 Å². The largest absolute Gasteiger partial charge is 0.495 e. The normalized spacial score (nSPS) is 19.4. The Kier molecular flexibility index (Phi) is 6.93. The third-order valence-corrected chi connectivity index (χ3v) is 7.67. The highest BCUT2D eigenvalue weighted by molar-refractivity contribution is 7.92. The number of likely N-dealkylation sites (tertiary alicyclic amines) is 1. The fraction of sp³-hybridized carbons (Fsp3) is 0.320. The van der Waals surface area contributed by atoms with Gasteiger partial charge >= 0.3 is 0 Å². The molecule has 0 bridgehead atoms. The summed E-state index contributed by atoms with van der Waals surface area (Å²) in [5, 5.41) is 2.71. The minimum Gasteiger partial charge on any atom is -0.495 e. The average Bonchev–Trinajstić information content (AvgIpc) is 3.08. The molecule has 35 heavy (non-hydrogen) atoms. The molecule has 0 unspecified atom stereocenters. The Morgan fingerprint density at radius 1 is 1.03 bits per heavy atom. The first kappa shape index (κ1) is 24.5. The van der Waals surface area contributed by atoms with Gasteiger partial charge in [0, 0.05) is 18.7 Å². The topological polar surface area (TPSA) is 122 Å². The van der Waals surface area contributed by atoms with Crippen molar-refractivity contribution in [1.29, 1.82) is 0 Å². The van der Waals surface area contributed by atoms with Gasteiger partial charge in [-0.25, -0.2) is 8.42 Å². The predicted molar refractivity (Wildman–Crippen MR) is 130 cm³/mol. The minimum absolute atomic E-state index is 0.0110. The number of anilines is 2. The number of imide groups is 1. The first-order valence-corrected chi connectivity index (χ1v) is 12.8. The maximum absolute atomic E-state index is 12.9. The van der Waals surface area contributed by atoms with Crippen molar-refractivity contribution in [2.45, 2.75) is 31.1 Å². The van der Waals surface area contributed by atoms with Crippen LogP contribution >= 0.6 is 0 Å². The molecular weight excluding hydrogens is 470 g/mol. The molecule has 184 valence electrons. The van der Waals surface area contributed by atoms with Crippen LogP contribution in [0.2, 0.25) is 0 Å². The van der Waals surface area contributed by atoms with Crippen molar-refractivity contribution in [2.75, 3.05) is 23.7 Å². The Bertz CT molecular complexity index is 1280. The third kappa shape index (κ3) is 5.07. The zero-order valence-electron chi connectivity index (χ0n) is 19.5. The van der Waals surface area contributed by atoms with Crippen LogP contribution in [-0.2, 0) is 24.4 Å². The first-order valence-electron chi connectivity index (χ1n) is 11.3. The molecule has 2 atom stereocenters. The molecule has 0 spiro atoms. The van der Waals surface area contributed by atoms with Crippen LogP contribution in [0.15, 0.2) is 59.5 Å². The molecule has 2 N–H and O–H groups in total. The van der Waals surface area contributed by atoms with Crippen LogP contribution in [0.5, 0.6) is 5.75 Å². The lowest BCUT2D eigenvalue weighted by molar-refractivity contribution is -0.140. The van der Waals surface area contributed by atoms with Gasteiger partial charge in [-0.2, -0.15) is 0 Å². The van der Waals surface area contributed by atoms with Gasteiger partial charge in [0.2, 0.25) is 17.7 Å². The number of para-hydroxylation sites is 2. The molecule has 1 aliphatic heterocycles. The van der Waals surface area contributed by atoms with E-state index in [4.69, 9.17) is 4.74 Å². The quantitative estimate of drug-likeness (QED) is 0.427. The van der Waals surface area contributed by atoms with Crippen LogP contribution in [-0.4, -0.2) is 44.7 Å². The summed E-state index contributed by atoms with van der Waals surface area (Å²) in [6, 6.07) is 11.0. The second-order valence-electron chi connectivity index (χ2n) is 8.56. The van der Waals surface area contributed by atoms with E-state index in [1.807, 2.05) is 12.2 Å². The van der Waals surface area contributed by atoms with Crippen molar-refractivity contribution in [3.8, 4) is 5.75 Å². The van der Waals surface area contributed by atoms with Crippen LogP contribution in [0.3, 0.4) is 0 Å². The Balaban J connectivity index is 1.43. The summed E-state index contributed by atoms with van der Waals surface area (Å²) in [5.74, 6) is -1.19. The molecule has 2 aromatic carbocycles. The van der Waals surface area contributed by atoms with Gasteiger partial charge < -0.3 is 10.1 Å². The van der Waals surface area contributed by atoms with Crippen molar-refractivity contribution in [3.05, 3.63) is 60.2 Å². The molecular formula is C25H27N3O6S. The van der Waals surface area contributed by atoms with Crippen molar-refractivity contribution in [3.63, 3.8) is 0 Å². The molecule has 1 aliphatic carbocycles. The first-order chi connectivity index (χ1) is 16.7. The van der Waals surface area contributed by atoms with E-state index in [0.29, 0.717) is 29.8 Å². The predicted octanol–water partition coefficient (Wildman–Crippen LogP) is 3.08. The number of hydrogen-bond donors (Lipinski definition) is 2. The van der Waals surface area contributed by atoms with Crippen LogP contribution in [0.4, 0.5) is 11.4 Å². The second kappa shape index (κ2) is 9.91. The van der Waals surface area contributed by atoms with Crippen molar-refractivity contribution in [1.82, 2.24) is 4.90 Å². The number of nitrogens with one attached hydrogen (secondary N) is 2. The number of carbonyl (C=O) groups is 3. The van der Waals surface area contributed by atoms with Gasteiger partial charge in [-0.15, -0.1) is 0 Å². The summed E-state index contributed by atoms with van der Waals surface area (Å²) in [5.41, 5.74) is 1.28. The van der Waals surface area contributed by atoms with E-state index in [1.54, 1.807) is 37.3 Å². The number of fused-ring (bicyclic) bond motifs is 1. The number of rotatable bonds is 8. The Hall–Kier alpha value is -3.66. The van der Waals surface area contributed by atoms with E-state index >= 15 is 0 Å². The Morgan fingerprint density at radius 2 is 1.69 bits per heavy atom. The molecule has 2 aliphatic rings. The van der Waals surface area contributed by atoms with Gasteiger partial charge in [0.25, 0.3) is 10.0 Å². The zero-order chi connectivity index (χ0) is 25.2. The number of benzene rings is 2. The van der Waals surface area contributed by atoms with Crippen LogP contribution < -0.4 is 14.8 Å². The van der Waals surface area contributed by atoms with E-state index in [0.717, 1.165) is 0 Å². The highest BCUT2D eigenvalue weighted by Gasteiger charge is 2.46. The van der Waals surface area contributed by atoms with Gasteiger partial charge in [0.15, 0.2) is 0 Å². The average molecular weight is 498 g/mol. The Morgan fingerprint density at radius 3 is 2.34 bits per heavy atom. The standard InChI is InChI=1S/C25H27N3O6S/c1-16-11-12-17(35(32,33)27-20-9-5-6-10-22(20)34-2)15-21(16)26-23(29)13-14-28-24(30)18-7-3-4-8-19(18)25(28)31/h3-6,9-12,15,18-19,27H,7-8,13-14H2,1-2H3,(H,26,29)/t18-,19-/m0/s1. The number of carbonyl (C=O) groups excluding carboxylic acids is 3. The monoisotopic (exact) mass is 497 g/mol. The fourth-order valence-electron chi connectivity index (χ4n) is 4.35. The van der Waals surface area contributed by atoms with Gasteiger partial charge in [-0.1, -0.05) is 30.4 Å². The fourth-order valence-corrected chi connectivity index (χ4v) is 5.45. The zero-order valence-corrected chi connectivity index (χ0v) is 20.3. The molecule has 1 fully saturated rings. The lowest BCUT2D eigenvalue weighted by Gasteiger charge is -2.16. The summed E-state index contributed by atoms with van der Waals surface area (Å²) in [6.45, 7) is 1.73. The van der Waals surface area contributed by atoms with E-state index in [-0.39, 0.29) is 47.2 Å². The molecule has 0 saturated carbocycles. The number of amides is 3. The number of methoxy groups -OCH3 is 1. The summed E-state index contributed by atoms with van der Waals surface area (Å²) in [6.07, 6.45) is 4.83. The summed E-state index contributed by atoms with van der Waals surface area (Å²) >= 11 is 0. The SMILES string of the molecule is COc1ccccc1NS(=O)(=O)c1ccc(C)c(NC(=O)CCN2C(=O)[C@H]3CC=CC[C@@H]3C2=O)c1. The van der Waals surface area contributed by atoms with Gasteiger partial charge in [0.1, 0.15) is 5.75 Å². The molecule has 2 aromatic rings. The van der Waals surface area contributed by atoms with Crippen LogP contribution in [0.25, 0.3) is 0 Å². The molecule has 9 nitrogen and oxygen atoms in total. The molecule has 0 aromatic heterocycles. The van der Waals surface area contributed by atoms with Crippen molar-refractivity contribution < 1.29 is 27.5 Å². The number of ether oxygens (including phenoxy) is 1. The lowest BCUT2D eigenvalue weighted by atomic mass is 9.85. The highest BCUT2D eigenvalue weighted by Crippen LogP contribution is 2.35. The number of aryl methyl sites for hydroxylation is 1. The van der Waals surface area contributed by atoms with Crippen LogP contribution in [0, 0.1) is 18.8 Å². The van der Waals surface area contributed by atoms with Gasteiger partial charge in [0.05, 0.1) is 29.5 Å². The van der Waals surface area contributed by atoms with Gasteiger partial charge in [-0.3, -0.25) is 24.0 Å². The number of allylic oxidation sites excluding steroid dienone is 2. The highest BCUT2D eigenvalue weighted by atomic mass is 32.2. The van der Waals surface area contributed by atoms with Gasteiger partial charge in [-0.05, 0) is 49.6 Å². The number of nitrogens with zero attached hydrogens (tertiary/aromatic N) is 1. The van der Waals surface area contributed by atoms with Crippen LogP contribution in [0.1, 0.15) is 24.8 Å². The summed E-state index contributed by atoms with van der Waals surface area (Å²) in [4.78, 5) is 38.9. The van der Waals surface area contributed by atoms with E-state index in [2.05, 4.69) is 10.0 Å². The minimum atomic E-state index is -3.96. The maximum atomic E-state index is 12.9.